The summed E-state index contributed by atoms with van der Waals surface area (Å²) in [5.74, 6) is 0.520. The van der Waals surface area contributed by atoms with Gasteiger partial charge >= 0.3 is 0 Å². The Labute approximate surface area is 173 Å². The fraction of sp³-hybridized carbons (Fsp3) is 0.286. The first-order chi connectivity index (χ1) is 13.6. The van der Waals surface area contributed by atoms with Crippen molar-refractivity contribution in [1.29, 1.82) is 0 Å². The molecular formula is C21H23N3O4S. The van der Waals surface area contributed by atoms with Crippen LogP contribution >= 0.6 is 11.8 Å². The van der Waals surface area contributed by atoms with E-state index >= 15 is 0 Å². The number of aromatic nitrogens is 1. The van der Waals surface area contributed by atoms with Gasteiger partial charge in [0.2, 0.25) is 5.91 Å². The summed E-state index contributed by atoms with van der Waals surface area (Å²) in [5, 5.41) is 1.67. The van der Waals surface area contributed by atoms with Crippen LogP contribution < -0.4 is 15.0 Å². The summed E-state index contributed by atoms with van der Waals surface area (Å²) < 4.78 is 11.5. The standard InChI is InChI=1S/C20H19N3O4S.CH4/c1-23(19-21-15-4-2-3-5-16(15)27-19)10-11-26-14-8-6-13(7-9-14)12-17-18(24)22-20(25)28-17;/h2-9,17H,10-12H2,1H3,(H,22,24,25);1H4. The van der Waals surface area contributed by atoms with Gasteiger partial charge in [0.1, 0.15) is 17.9 Å². The Morgan fingerprint density at radius 2 is 1.93 bits per heavy atom. The van der Waals surface area contributed by atoms with Crippen molar-refractivity contribution in [3.8, 4) is 5.75 Å². The third-order valence-electron chi connectivity index (χ3n) is 4.42. The van der Waals surface area contributed by atoms with Crippen LogP contribution in [0.4, 0.5) is 10.8 Å². The predicted octanol–water partition coefficient (Wildman–Crippen LogP) is 3.87. The average Bonchev–Trinajstić information content (AvgIpc) is 3.26. The van der Waals surface area contributed by atoms with E-state index in [0.717, 1.165) is 34.2 Å². The normalized spacial score (nSPS) is 15.8. The quantitative estimate of drug-likeness (QED) is 0.629. The molecule has 1 aliphatic rings. The van der Waals surface area contributed by atoms with E-state index in [1.165, 1.54) is 0 Å². The molecule has 2 heterocycles. The van der Waals surface area contributed by atoms with Crippen LogP contribution in [0.15, 0.2) is 52.9 Å². The topological polar surface area (TPSA) is 84.7 Å². The Morgan fingerprint density at radius 1 is 1.17 bits per heavy atom. The first kappa shape index (κ1) is 20.7. The number of nitrogens with zero attached hydrogens (tertiary/aromatic N) is 2. The van der Waals surface area contributed by atoms with Gasteiger partial charge in [-0.25, -0.2) is 0 Å². The highest BCUT2D eigenvalue weighted by Gasteiger charge is 2.31. The van der Waals surface area contributed by atoms with E-state index in [9.17, 15) is 9.59 Å². The molecular weight excluding hydrogens is 390 g/mol. The summed E-state index contributed by atoms with van der Waals surface area (Å²) in [5.41, 5.74) is 2.58. The zero-order chi connectivity index (χ0) is 19.5. The smallest absolute Gasteiger partial charge is 0.298 e. The second-order valence-corrected chi connectivity index (χ2v) is 7.64. The molecule has 1 saturated heterocycles. The first-order valence-electron chi connectivity index (χ1n) is 8.88. The molecule has 8 heteroatoms. The number of hydrogen-bond acceptors (Lipinski definition) is 7. The summed E-state index contributed by atoms with van der Waals surface area (Å²) in [6, 6.07) is 15.8. The molecule has 1 atom stereocenters. The minimum absolute atomic E-state index is 0. The lowest BCUT2D eigenvalue weighted by molar-refractivity contribution is -0.118. The van der Waals surface area contributed by atoms with Crippen LogP contribution in [0.2, 0.25) is 0 Å². The molecule has 1 aliphatic heterocycles. The fourth-order valence-corrected chi connectivity index (χ4v) is 3.74. The van der Waals surface area contributed by atoms with Crippen LogP contribution in [0.5, 0.6) is 5.75 Å². The minimum Gasteiger partial charge on any atom is -0.492 e. The summed E-state index contributed by atoms with van der Waals surface area (Å²) in [6.45, 7) is 1.10. The Hall–Kier alpha value is -3.00. The Balaban J connectivity index is 0.00000240. The number of ether oxygens (including phenoxy) is 1. The highest BCUT2D eigenvalue weighted by molar-refractivity contribution is 8.15. The molecule has 2 amide bonds. The average molecular weight is 413 g/mol. The van der Waals surface area contributed by atoms with Crippen molar-refractivity contribution in [3.05, 3.63) is 54.1 Å². The lowest BCUT2D eigenvalue weighted by Crippen LogP contribution is -2.25. The number of carbonyl (C=O) groups is 2. The number of thioether (sulfide) groups is 1. The third kappa shape index (κ3) is 4.89. The number of amides is 2. The van der Waals surface area contributed by atoms with Gasteiger partial charge in [0.15, 0.2) is 5.58 Å². The maximum atomic E-state index is 11.6. The van der Waals surface area contributed by atoms with Gasteiger partial charge in [0, 0.05) is 7.05 Å². The molecule has 0 aliphatic carbocycles. The molecule has 3 aromatic rings. The number of imide groups is 1. The predicted molar refractivity (Wildman–Crippen MR) is 115 cm³/mol. The summed E-state index contributed by atoms with van der Waals surface area (Å²) >= 11 is 1.04. The van der Waals surface area contributed by atoms with E-state index in [1.54, 1.807) is 0 Å². The number of nitrogens with one attached hydrogen (secondary N) is 1. The molecule has 1 fully saturated rings. The number of benzene rings is 2. The van der Waals surface area contributed by atoms with E-state index in [-0.39, 0.29) is 23.8 Å². The zero-order valence-corrected chi connectivity index (χ0v) is 16.1. The van der Waals surface area contributed by atoms with Gasteiger partial charge < -0.3 is 14.1 Å². The molecule has 1 unspecified atom stereocenters. The van der Waals surface area contributed by atoms with Gasteiger partial charge in [-0.05, 0) is 36.2 Å². The van der Waals surface area contributed by atoms with Crippen molar-refractivity contribution in [2.45, 2.75) is 19.1 Å². The molecule has 0 saturated carbocycles. The number of fused-ring (bicyclic) bond motifs is 1. The van der Waals surface area contributed by atoms with Gasteiger partial charge in [-0.3, -0.25) is 14.9 Å². The second kappa shape index (κ2) is 9.00. The summed E-state index contributed by atoms with van der Waals surface area (Å²) in [7, 11) is 1.91. The van der Waals surface area contributed by atoms with E-state index in [0.29, 0.717) is 25.6 Å². The molecule has 0 bridgehead atoms. The van der Waals surface area contributed by atoms with Gasteiger partial charge in [-0.15, -0.1) is 0 Å². The van der Waals surface area contributed by atoms with Crippen molar-refractivity contribution in [3.63, 3.8) is 0 Å². The Kier molecular flexibility index (Phi) is 6.43. The Morgan fingerprint density at radius 3 is 2.62 bits per heavy atom. The Bertz CT molecular complexity index is 970. The van der Waals surface area contributed by atoms with E-state index < -0.39 is 0 Å². The molecule has 0 radical (unpaired) electrons. The SMILES string of the molecule is C.CN(CCOc1ccc(CC2SC(=O)NC2=O)cc1)c1nc2ccccc2o1. The van der Waals surface area contributed by atoms with Crippen LogP contribution in [0, 0.1) is 0 Å². The van der Waals surface area contributed by atoms with E-state index in [2.05, 4.69) is 10.3 Å². The van der Waals surface area contributed by atoms with Crippen molar-refractivity contribution in [2.75, 3.05) is 25.1 Å². The number of likely N-dealkylation sites (N-methyl/N-ethyl adjacent to an activating group) is 1. The fourth-order valence-electron chi connectivity index (χ4n) is 2.88. The maximum absolute atomic E-state index is 11.6. The largest absolute Gasteiger partial charge is 0.492 e. The van der Waals surface area contributed by atoms with Crippen LogP contribution in [0.25, 0.3) is 11.1 Å². The second-order valence-electron chi connectivity index (χ2n) is 6.47. The number of oxazole rings is 1. The molecule has 1 aromatic heterocycles. The van der Waals surface area contributed by atoms with Gasteiger partial charge in [-0.2, -0.15) is 4.98 Å². The molecule has 2 aromatic carbocycles. The number of anilines is 1. The summed E-state index contributed by atoms with van der Waals surface area (Å²) in [6.07, 6.45) is 0.517. The molecule has 0 spiro atoms. The molecule has 7 nitrogen and oxygen atoms in total. The van der Waals surface area contributed by atoms with Crippen LogP contribution in [0.1, 0.15) is 13.0 Å². The zero-order valence-electron chi connectivity index (χ0n) is 15.3. The number of rotatable bonds is 7. The van der Waals surface area contributed by atoms with Crippen molar-refractivity contribution < 1.29 is 18.7 Å². The van der Waals surface area contributed by atoms with Gasteiger partial charge in [-0.1, -0.05) is 43.5 Å². The highest BCUT2D eigenvalue weighted by atomic mass is 32.2. The van der Waals surface area contributed by atoms with Crippen LogP contribution in [-0.2, 0) is 11.2 Å². The molecule has 4 rings (SSSR count). The van der Waals surface area contributed by atoms with E-state index in [4.69, 9.17) is 9.15 Å². The van der Waals surface area contributed by atoms with Gasteiger partial charge in [0.05, 0.1) is 11.8 Å². The minimum atomic E-state index is -0.357. The maximum Gasteiger partial charge on any atom is 0.298 e. The number of carbonyl (C=O) groups excluding carboxylic acids is 2. The molecule has 152 valence electrons. The molecule has 1 N–H and O–H groups in total. The van der Waals surface area contributed by atoms with Crippen molar-refractivity contribution in [2.24, 2.45) is 0 Å². The van der Waals surface area contributed by atoms with Crippen molar-refractivity contribution >= 4 is 40.0 Å². The number of para-hydroxylation sites is 2. The highest BCUT2D eigenvalue weighted by Crippen LogP contribution is 2.24. The third-order valence-corrected chi connectivity index (χ3v) is 5.40. The van der Waals surface area contributed by atoms with E-state index in [1.807, 2.05) is 60.5 Å². The lowest BCUT2D eigenvalue weighted by atomic mass is 10.1. The van der Waals surface area contributed by atoms with Crippen molar-refractivity contribution in [1.82, 2.24) is 10.3 Å². The van der Waals surface area contributed by atoms with Gasteiger partial charge in [0.25, 0.3) is 11.3 Å². The lowest BCUT2D eigenvalue weighted by Gasteiger charge is -2.15. The summed E-state index contributed by atoms with van der Waals surface area (Å²) in [4.78, 5) is 29.2. The first-order valence-corrected chi connectivity index (χ1v) is 9.76. The number of hydrogen-bond donors (Lipinski definition) is 1. The molecule has 29 heavy (non-hydrogen) atoms. The monoisotopic (exact) mass is 413 g/mol. The van der Waals surface area contributed by atoms with Crippen LogP contribution in [-0.4, -0.2) is 41.6 Å². The van der Waals surface area contributed by atoms with Crippen LogP contribution in [0.3, 0.4) is 0 Å².